The summed E-state index contributed by atoms with van der Waals surface area (Å²) >= 11 is 1.43. The Morgan fingerprint density at radius 3 is 2.68 bits per heavy atom. The number of thiazole rings is 1. The van der Waals surface area contributed by atoms with Gasteiger partial charge in [-0.1, -0.05) is 23.5 Å². The van der Waals surface area contributed by atoms with Crippen molar-refractivity contribution in [3.05, 3.63) is 53.1 Å². The third-order valence-electron chi connectivity index (χ3n) is 5.41. The van der Waals surface area contributed by atoms with Gasteiger partial charge < -0.3 is 19.0 Å². The molecule has 1 aliphatic rings. The summed E-state index contributed by atoms with van der Waals surface area (Å²) in [4.78, 5) is 8.31. The number of hydrogen-bond acceptors (Lipinski definition) is 8. The van der Waals surface area contributed by atoms with E-state index >= 15 is 0 Å². The first kappa shape index (κ1) is 20.0. The molecule has 1 N–H and O–H groups in total. The van der Waals surface area contributed by atoms with E-state index in [0.717, 1.165) is 29.3 Å². The predicted octanol–water partition coefficient (Wildman–Crippen LogP) is 3.96. The lowest BCUT2D eigenvalue weighted by Crippen LogP contribution is -2.47. The van der Waals surface area contributed by atoms with E-state index in [1.54, 1.807) is 25.5 Å². The molecule has 8 nitrogen and oxygen atoms in total. The molecule has 0 aliphatic carbocycles. The van der Waals surface area contributed by atoms with Gasteiger partial charge in [-0.15, -0.1) is 5.10 Å². The molecule has 31 heavy (non-hydrogen) atoms. The van der Waals surface area contributed by atoms with Crippen molar-refractivity contribution >= 4 is 16.3 Å². The number of aromatic nitrogens is 3. The van der Waals surface area contributed by atoms with Crippen LogP contribution >= 0.6 is 11.3 Å². The molecule has 0 radical (unpaired) electrons. The van der Waals surface area contributed by atoms with Crippen molar-refractivity contribution in [2.75, 3.05) is 20.2 Å². The highest BCUT2D eigenvalue weighted by atomic mass is 32.1. The number of morpholine rings is 1. The van der Waals surface area contributed by atoms with Crippen molar-refractivity contribution in [1.82, 2.24) is 19.5 Å². The lowest BCUT2D eigenvalue weighted by atomic mass is 10.0. The van der Waals surface area contributed by atoms with E-state index in [2.05, 4.69) is 34.9 Å². The third-order valence-corrected chi connectivity index (χ3v) is 6.48. The van der Waals surface area contributed by atoms with Crippen LogP contribution in [0.15, 0.2) is 47.1 Å². The molecule has 9 heteroatoms. The van der Waals surface area contributed by atoms with E-state index < -0.39 is 0 Å². The van der Waals surface area contributed by atoms with E-state index in [-0.39, 0.29) is 24.1 Å². The monoisotopic (exact) mass is 440 g/mol. The smallest absolute Gasteiger partial charge is 0.230 e. The third kappa shape index (κ3) is 3.69. The second kappa shape index (κ2) is 7.99. The fourth-order valence-corrected chi connectivity index (χ4v) is 5.32. The van der Waals surface area contributed by atoms with Crippen molar-refractivity contribution in [1.29, 1.82) is 0 Å². The van der Waals surface area contributed by atoms with Gasteiger partial charge >= 0.3 is 0 Å². The minimum atomic E-state index is -0.176. The molecule has 5 rings (SSSR count). The molecule has 3 atom stereocenters. The van der Waals surface area contributed by atoms with Gasteiger partial charge in [-0.05, 0) is 43.7 Å². The minimum absolute atomic E-state index is 0.0879. The van der Waals surface area contributed by atoms with Crippen LogP contribution in [0.4, 0.5) is 0 Å². The molecule has 1 fully saturated rings. The van der Waals surface area contributed by atoms with Gasteiger partial charge in [-0.3, -0.25) is 4.90 Å². The maximum Gasteiger partial charge on any atom is 0.230 e. The lowest BCUT2D eigenvalue weighted by Gasteiger charge is -2.40. The molecule has 0 bridgehead atoms. The van der Waals surface area contributed by atoms with Crippen molar-refractivity contribution in [3.63, 3.8) is 0 Å². The van der Waals surface area contributed by atoms with Gasteiger partial charge in [-0.25, -0.2) is 0 Å². The minimum Gasteiger partial charge on any atom is -0.497 e. The molecule has 1 saturated heterocycles. The SMILES string of the molecule is COc1cccc([C@@H](c2sc3nc(-c4ccco4)nn3c2O)N2C[C@@H](C)O[C@@H](C)C2)c1. The fraction of sp³-hybridized carbons (Fsp3) is 0.364. The highest BCUT2D eigenvalue weighted by Gasteiger charge is 2.34. The van der Waals surface area contributed by atoms with Crippen LogP contribution in [0.1, 0.15) is 30.3 Å². The van der Waals surface area contributed by atoms with Crippen LogP contribution < -0.4 is 4.74 Å². The molecular formula is C22H24N4O4S. The van der Waals surface area contributed by atoms with E-state index in [1.165, 1.54) is 15.9 Å². The lowest BCUT2D eigenvalue weighted by molar-refractivity contribution is -0.0764. The topological polar surface area (TPSA) is 85.3 Å². The van der Waals surface area contributed by atoms with Crippen LogP contribution in [-0.4, -0.2) is 57.0 Å². The van der Waals surface area contributed by atoms with Gasteiger partial charge in [0.05, 0.1) is 36.5 Å². The molecular weight excluding hydrogens is 416 g/mol. The molecule has 3 aromatic heterocycles. The van der Waals surface area contributed by atoms with E-state index in [4.69, 9.17) is 13.9 Å². The fourth-order valence-electron chi connectivity index (χ4n) is 4.21. The average Bonchev–Trinajstić information content (AvgIpc) is 3.47. The number of furan rings is 1. The van der Waals surface area contributed by atoms with Crippen molar-refractivity contribution in [3.8, 4) is 23.2 Å². The van der Waals surface area contributed by atoms with Gasteiger partial charge in [0.1, 0.15) is 5.75 Å². The number of aromatic hydroxyl groups is 1. The largest absolute Gasteiger partial charge is 0.497 e. The van der Waals surface area contributed by atoms with Crippen LogP contribution in [0.25, 0.3) is 16.5 Å². The number of benzene rings is 1. The zero-order valence-corrected chi connectivity index (χ0v) is 18.4. The standard InChI is InChI=1S/C22H24N4O4S/c1-13-11-25(12-14(2)30-13)18(15-6-4-7-16(10-15)28-3)19-21(27)26-22(31-19)23-20(24-26)17-8-5-9-29-17/h4-10,13-14,18,27H,11-12H2,1-3H3/t13-,14+,18-/m0/s1. The first-order valence-electron chi connectivity index (χ1n) is 10.2. The first-order chi connectivity index (χ1) is 15.0. The normalized spacial score (nSPS) is 20.9. The Bertz CT molecular complexity index is 1180. The van der Waals surface area contributed by atoms with Gasteiger partial charge in [0.2, 0.25) is 16.7 Å². The van der Waals surface area contributed by atoms with E-state index in [0.29, 0.717) is 16.5 Å². The van der Waals surface area contributed by atoms with Crippen LogP contribution in [-0.2, 0) is 4.74 Å². The van der Waals surface area contributed by atoms with Crippen molar-refractivity contribution < 1.29 is 19.0 Å². The van der Waals surface area contributed by atoms with E-state index in [9.17, 15) is 5.11 Å². The summed E-state index contributed by atoms with van der Waals surface area (Å²) in [6, 6.07) is 11.4. The average molecular weight is 441 g/mol. The second-order valence-electron chi connectivity index (χ2n) is 7.79. The quantitative estimate of drug-likeness (QED) is 0.503. The Morgan fingerprint density at radius 1 is 1.19 bits per heavy atom. The zero-order valence-electron chi connectivity index (χ0n) is 17.6. The number of ether oxygens (including phenoxy) is 2. The Balaban J connectivity index is 1.61. The summed E-state index contributed by atoms with van der Waals surface area (Å²) in [6.07, 6.45) is 1.76. The molecule has 4 aromatic rings. The Morgan fingerprint density at radius 2 is 2.00 bits per heavy atom. The summed E-state index contributed by atoms with van der Waals surface area (Å²) in [5.41, 5.74) is 1.03. The van der Waals surface area contributed by atoms with Gasteiger partial charge in [0.15, 0.2) is 5.76 Å². The maximum atomic E-state index is 11.2. The molecule has 0 spiro atoms. The molecule has 0 saturated carbocycles. The van der Waals surface area contributed by atoms with Crippen LogP contribution in [0.5, 0.6) is 11.6 Å². The number of hydrogen-bond donors (Lipinski definition) is 1. The Hall–Kier alpha value is -2.88. The summed E-state index contributed by atoms with van der Waals surface area (Å²) in [7, 11) is 1.66. The zero-order chi connectivity index (χ0) is 21.5. The Kier molecular flexibility index (Phi) is 5.17. The maximum absolute atomic E-state index is 11.2. The van der Waals surface area contributed by atoms with Crippen LogP contribution in [0.2, 0.25) is 0 Å². The first-order valence-corrected chi connectivity index (χ1v) is 11.0. The summed E-state index contributed by atoms with van der Waals surface area (Å²) in [5.74, 6) is 1.88. The molecule has 4 heterocycles. The summed E-state index contributed by atoms with van der Waals surface area (Å²) in [5, 5.41) is 15.6. The molecule has 1 aliphatic heterocycles. The van der Waals surface area contributed by atoms with Crippen LogP contribution in [0.3, 0.4) is 0 Å². The molecule has 1 aromatic carbocycles. The Labute approximate surface area is 183 Å². The number of nitrogens with zero attached hydrogens (tertiary/aromatic N) is 4. The van der Waals surface area contributed by atoms with E-state index in [1.807, 2.05) is 18.2 Å². The highest BCUT2D eigenvalue weighted by molar-refractivity contribution is 7.17. The highest BCUT2D eigenvalue weighted by Crippen LogP contribution is 2.42. The number of rotatable bonds is 5. The van der Waals surface area contributed by atoms with Crippen molar-refractivity contribution in [2.45, 2.75) is 32.1 Å². The van der Waals surface area contributed by atoms with Crippen molar-refractivity contribution in [2.24, 2.45) is 0 Å². The summed E-state index contributed by atoms with van der Waals surface area (Å²) < 4.78 is 18.3. The second-order valence-corrected chi connectivity index (χ2v) is 8.80. The molecule has 162 valence electrons. The molecule has 0 unspecified atom stereocenters. The molecule has 0 amide bonds. The van der Waals surface area contributed by atoms with Gasteiger partial charge in [-0.2, -0.15) is 9.50 Å². The van der Waals surface area contributed by atoms with Gasteiger partial charge in [0.25, 0.3) is 0 Å². The van der Waals surface area contributed by atoms with Crippen LogP contribution in [0, 0.1) is 0 Å². The summed E-state index contributed by atoms with van der Waals surface area (Å²) in [6.45, 7) is 5.64. The van der Waals surface area contributed by atoms with Gasteiger partial charge in [0, 0.05) is 13.1 Å². The predicted molar refractivity (Wildman–Crippen MR) is 117 cm³/mol. The number of fused-ring (bicyclic) bond motifs is 1. The number of methoxy groups -OCH3 is 1.